The molecule has 6 nitrogen and oxygen atoms in total. The summed E-state index contributed by atoms with van der Waals surface area (Å²) in [5, 5.41) is 12.3. The molecular formula is C14H26N2O4. The van der Waals surface area contributed by atoms with E-state index < -0.39 is 18.1 Å². The van der Waals surface area contributed by atoms with E-state index in [-0.39, 0.29) is 11.3 Å². The Kier molecular flexibility index (Phi) is 5.95. The van der Waals surface area contributed by atoms with E-state index in [2.05, 4.69) is 5.32 Å². The van der Waals surface area contributed by atoms with Crippen molar-refractivity contribution >= 4 is 11.9 Å². The maximum Gasteiger partial charge on any atom is 0.321 e. The van der Waals surface area contributed by atoms with Crippen LogP contribution in [0.3, 0.4) is 0 Å². The number of rotatable bonds is 6. The molecule has 1 aliphatic rings. The molecule has 20 heavy (non-hydrogen) atoms. The van der Waals surface area contributed by atoms with Gasteiger partial charge in [0.1, 0.15) is 6.04 Å². The van der Waals surface area contributed by atoms with Crippen molar-refractivity contribution in [2.24, 2.45) is 5.41 Å². The summed E-state index contributed by atoms with van der Waals surface area (Å²) in [6, 6.07) is -1.08. The summed E-state index contributed by atoms with van der Waals surface area (Å²) >= 11 is 0. The summed E-state index contributed by atoms with van der Waals surface area (Å²) in [7, 11) is 1.57. The number of likely N-dealkylation sites (tertiary alicyclic amines) is 1. The van der Waals surface area contributed by atoms with Crippen LogP contribution in [0.25, 0.3) is 0 Å². The quantitative estimate of drug-likeness (QED) is 0.703. The molecule has 1 aliphatic heterocycles. The van der Waals surface area contributed by atoms with Crippen molar-refractivity contribution in [2.45, 2.75) is 45.7 Å². The molecule has 0 aromatic rings. The molecule has 2 atom stereocenters. The van der Waals surface area contributed by atoms with Crippen molar-refractivity contribution in [3.8, 4) is 0 Å². The van der Waals surface area contributed by atoms with Crippen LogP contribution in [0.1, 0.15) is 33.6 Å². The Hall–Kier alpha value is -1.14. The average molecular weight is 286 g/mol. The van der Waals surface area contributed by atoms with Gasteiger partial charge in [0.2, 0.25) is 5.91 Å². The number of piperidine rings is 1. The van der Waals surface area contributed by atoms with Crippen molar-refractivity contribution in [1.82, 2.24) is 10.2 Å². The van der Waals surface area contributed by atoms with Gasteiger partial charge < -0.3 is 15.2 Å². The van der Waals surface area contributed by atoms with E-state index in [0.717, 1.165) is 12.8 Å². The third kappa shape index (κ3) is 3.93. The van der Waals surface area contributed by atoms with Crippen LogP contribution in [0.2, 0.25) is 0 Å². The molecule has 0 radical (unpaired) electrons. The number of ether oxygens (including phenoxy) is 1. The number of amides is 1. The number of carbonyl (C=O) groups excluding carboxylic acids is 1. The normalized spacial score (nSPS) is 24.1. The molecule has 6 heteroatoms. The van der Waals surface area contributed by atoms with Crippen molar-refractivity contribution in [3.05, 3.63) is 0 Å². The van der Waals surface area contributed by atoms with Gasteiger partial charge in [0.25, 0.3) is 0 Å². The third-order valence-electron chi connectivity index (χ3n) is 4.03. The lowest BCUT2D eigenvalue weighted by molar-refractivity contribution is -0.154. The fraction of sp³-hybridized carbons (Fsp3) is 0.857. The van der Waals surface area contributed by atoms with Crippen molar-refractivity contribution in [1.29, 1.82) is 0 Å². The largest absolute Gasteiger partial charge is 0.480 e. The number of nitrogens with zero attached hydrogens (tertiary/aromatic N) is 1. The Morgan fingerprint density at radius 2 is 2.15 bits per heavy atom. The molecule has 116 valence electrons. The Morgan fingerprint density at radius 1 is 1.50 bits per heavy atom. The van der Waals surface area contributed by atoms with Crippen LogP contribution >= 0.6 is 0 Å². The zero-order valence-electron chi connectivity index (χ0n) is 12.8. The number of carboxylic acids is 1. The van der Waals surface area contributed by atoms with Gasteiger partial charge in [-0.2, -0.15) is 0 Å². The molecule has 0 spiro atoms. The van der Waals surface area contributed by atoms with Crippen LogP contribution in [-0.2, 0) is 14.3 Å². The lowest BCUT2D eigenvalue weighted by Gasteiger charge is -2.46. The van der Waals surface area contributed by atoms with E-state index in [9.17, 15) is 14.7 Å². The lowest BCUT2D eigenvalue weighted by Crippen LogP contribution is -2.60. The molecule has 1 saturated heterocycles. The second-order valence-electron chi connectivity index (χ2n) is 6.03. The standard InChI is InChI=1S/C14H26N2O4/c1-10(12(17)15-7-9-20-4)16-8-5-6-14(2,3)11(16)13(18)19/h10-11H,5-9H2,1-4H3,(H,15,17)(H,18,19). The molecule has 1 amide bonds. The Balaban J connectivity index is 2.75. The van der Waals surface area contributed by atoms with Crippen molar-refractivity contribution in [3.63, 3.8) is 0 Å². The third-order valence-corrected chi connectivity index (χ3v) is 4.03. The first-order chi connectivity index (χ1) is 9.31. The second kappa shape index (κ2) is 7.04. The van der Waals surface area contributed by atoms with Gasteiger partial charge in [0.15, 0.2) is 0 Å². The average Bonchev–Trinajstić information content (AvgIpc) is 2.36. The SMILES string of the molecule is COCCNC(=O)C(C)N1CCCC(C)(C)C1C(=O)O. The molecule has 1 heterocycles. The second-order valence-corrected chi connectivity index (χ2v) is 6.03. The van der Waals surface area contributed by atoms with E-state index in [0.29, 0.717) is 19.7 Å². The topological polar surface area (TPSA) is 78.9 Å². The summed E-state index contributed by atoms with van der Waals surface area (Å²) in [5.41, 5.74) is -0.328. The zero-order chi connectivity index (χ0) is 15.3. The van der Waals surface area contributed by atoms with Crippen LogP contribution in [-0.4, -0.2) is 60.8 Å². The van der Waals surface area contributed by atoms with Crippen molar-refractivity contribution < 1.29 is 19.4 Å². The van der Waals surface area contributed by atoms with Crippen LogP contribution in [0.15, 0.2) is 0 Å². The first-order valence-electron chi connectivity index (χ1n) is 7.06. The van der Waals surface area contributed by atoms with Gasteiger partial charge in [-0.25, -0.2) is 0 Å². The predicted molar refractivity (Wildman–Crippen MR) is 75.5 cm³/mol. The first kappa shape index (κ1) is 16.9. The minimum absolute atomic E-state index is 0.147. The van der Waals surface area contributed by atoms with Crippen LogP contribution in [0, 0.1) is 5.41 Å². The molecule has 0 saturated carbocycles. The summed E-state index contributed by atoms with van der Waals surface area (Å²) in [4.78, 5) is 25.5. The molecule has 2 N–H and O–H groups in total. The minimum atomic E-state index is -0.855. The van der Waals surface area contributed by atoms with E-state index in [1.54, 1.807) is 18.9 Å². The summed E-state index contributed by atoms with van der Waals surface area (Å²) in [6.07, 6.45) is 1.77. The molecule has 2 unspecified atom stereocenters. The van der Waals surface area contributed by atoms with Crippen LogP contribution < -0.4 is 5.32 Å². The highest BCUT2D eigenvalue weighted by Crippen LogP contribution is 2.36. The fourth-order valence-corrected chi connectivity index (χ4v) is 2.90. The number of methoxy groups -OCH3 is 1. The highest BCUT2D eigenvalue weighted by Gasteiger charge is 2.45. The van der Waals surface area contributed by atoms with Gasteiger partial charge in [-0.1, -0.05) is 13.8 Å². The van der Waals surface area contributed by atoms with E-state index >= 15 is 0 Å². The predicted octanol–water partition coefficient (Wildman–Crippen LogP) is 0.713. The Bertz CT molecular complexity index is 357. The maximum atomic E-state index is 12.1. The number of hydrogen-bond acceptors (Lipinski definition) is 4. The highest BCUT2D eigenvalue weighted by molar-refractivity contribution is 5.83. The molecule has 0 aliphatic carbocycles. The van der Waals surface area contributed by atoms with Crippen molar-refractivity contribution in [2.75, 3.05) is 26.8 Å². The highest BCUT2D eigenvalue weighted by atomic mass is 16.5. The first-order valence-corrected chi connectivity index (χ1v) is 7.06. The molecule has 0 aromatic carbocycles. The monoisotopic (exact) mass is 286 g/mol. The van der Waals surface area contributed by atoms with Gasteiger partial charge in [-0.05, 0) is 31.7 Å². The van der Waals surface area contributed by atoms with Gasteiger partial charge >= 0.3 is 5.97 Å². The molecule has 1 rings (SSSR count). The number of aliphatic carboxylic acids is 1. The van der Waals surface area contributed by atoms with E-state index in [1.807, 2.05) is 13.8 Å². The van der Waals surface area contributed by atoms with E-state index in [4.69, 9.17) is 4.74 Å². The summed E-state index contributed by atoms with van der Waals surface area (Å²) in [6.45, 7) is 7.20. The van der Waals surface area contributed by atoms with Crippen LogP contribution in [0.4, 0.5) is 0 Å². The smallest absolute Gasteiger partial charge is 0.321 e. The van der Waals surface area contributed by atoms with Crippen LogP contribution in [0.5, 0.6) is 0 Å². The zero-order valence-corrected chi connectivity index (χ0v) is 12.8. The molecule has 1 fully saturated rings. The molecular weight excluding hydrogens is 260 g/mol. The van der Waals surface area contributed by atoms with Gasteiger partial charge in [-0.3, -0.25) is 14.5 Å². The number of carbonyl (C=O) groups is 2. The maximum absolute atomic E-state index is 12.1. The van der Waals surface area contributed by atoms with E-state index in [1.165, 1.54) is 0 Å². The number of nitrogens with one attached hydrogen (secondary N) is 1. The molecule has 0 aromatic heterocycles. The lowest BCUT2D eigenvalue weighted by atomic mass is 9.76. The van der Waals surface area contributed by atoms with Gasteiger partial charge in [-0.15, -0.1) is 0 Å². The van der Waals surface area contributed by atoms with Gasteiger partial charge in [0.05, 0.1) is 12.6 Å². The number of carboxylic acid groups (broad SMARTS) is 1. The van der Waals surface area contributed by atoms with Gasteiger partial charge in [0, 0.05) is 13.7 Å². The minimum Gasteiger partial charge on any atom is -0.480 e. The number of hydrogen-bond donors (Lipinski definition) is 2. The molecule has 0 bridgehead atoms. The Labute approximate surface area is 120 Å². The summed E-state index contributed by atoms with van der Waals surface area (Å²) < 4.78 is 4.89. The fourth-order valence-electron chi connectivity index (χ4n) is 2.90. The Morgan fingerprint density at radius 3 is 2.70 bits per heavy atom. The summed E-state index contributed by atoms with van der Waals surface area (Å²) in [5.74, 6) is -1.00.